The van der Waals surface area contributed by atoms with E-state index >= 15 is 0 Å². The van der Waals surface area contributed by atoms with Crippen molar-refractivity contribution in [2.45, 2.75) is 39.2 Å². The number of hydrogen-bond acceptors (Lipinski definition) is 5. The van der Waals surface area contributed by atoms with Crippen molar-refractivity contribution in [2.75, 3.05) is 24.1 Å². The fourth-order valence-corrected chi connectivity index (χ4v) is 3.31. The summed E-state index contributed by atoms with van der Waals surface area (Å²) in [7, 11) is 0. The highest BCUT2D eigenvalue weighted by Crippen LogP contribution is 2.34. The molecule has 2 fully saturated rings. The van der Waals surface area contributed by atoms with E-state index in [1.807, 2.05) is 4.90 Å². The van der Waals surface area contributed by atoms with Gasteiger partial charge in [-0.25, -0.2) is 4.98 Å². The zero-order valence-electron chi connectivity index (χ0n) is 11.4. The van der Waals surface area contributed by atoms with Gasteiger partial charge in [-0.05, 0) is 24.7 Å². The first-order valence-corrected chi connectivity index (χ1v) is 7.58. The van der Waals surface area contributed by atoms with Crippen molar-refractivity contribution in [1.29, 1.82) is 0 Å². The van der Waals surface area contributed by atoms with E-state index in [-0.39, 0.29) is 11.3 Å². The normalized spacial score (nSPS) is 21.7. The molecule has 3 N–H and O–H groups in total. The van der Waals surface area contributed by atoms with E-state index in [4.69, 9.17) is 5.73 Å². The van der Waals surface area contributed by atoms with E-state index in [9.17, 15) is 4.79 Å². The van der Waals surface area contributed by atoms with E-state index in [0.29, 0.717) is 16.7 Å². The minimum absolute atomic E-state index is 0.0319. The summed E-state index contributed by atoms with van der Waals surface area (Å²) >= 11 is 1.38. The van der Waals surface area contributed by atoms with Gasteiger partial charge in [0.1, 0.15) is 10.7 Å². The molecule has 0 aromatic carbocycles. The first-order chi connectivity index (χ1) is 8.94. The van der Waals surface area contributed by atoms with Gasteiger partial charge in [0.25, 0.3) is 5.91 Å². The maximum absolute atomic E-state index is 12.5. The van der Waals surface area contributed by atoms with Gasteiger partial charge in [-0.1, -0.05) is 25.2 Å². The summed E-state index contributed by atoms with van der Waals surface area (Å²) in [6.45, 7) is 6.00. The summed E-state index contributed by atoms with van der Waals surface area (Å²) in [6, 6.07) is 0.527. The maximum Gasteiger partial charge on any atom is 0.267 e. The van der Waals surface area contributed by atoms with Crippen molar-refractivity contribution in [3.63, 3.8) is 0 Å². The summed E-state index contributed by atoms with van der Waals surface area (Å²) in [4.78, 5) is 19.2. The molecule has 0 unspecified atom stereocenters. The molecule has 2 heterocycles. The van der Waals surface area contributed by atoms with E-state index in [0.717, 1.165) is 24.6 Å². The van der Waals surface area contributed by atoms with Gasteiger partial charge < -0.3 is 16.0 Å². The van der Waals surface area contributed by atoms with Gasteiger partial charge in [0, 0.05) is 19.1 Å². The van der Waals surface area contributed by atoms with E-state index in [1.165, 1.54) is 24.2 Å². The second-order valence-corrected chi connectivity index (χ2v) is 7.29. The van der Waals surface area contributed by atoms with Crippen LogP contribution in [0.1, 0.15) is 42.8 Å². The quantitative estimate of drug-likeness (QED) is 0.890. The number of carbonyl (C=O) groups excluding carboxylic acids is 1. The average Bonchev–Trinajstić information content (AvgIpc) is 2.95. The highest BCUT2D eigenvalue weighted by molar-refractivity contribution is 7.18. The Kier molecular flexibility index (Phi) is 2.92. The number of hydrogen-bond donors (Lipinski definition) is 2. The Hall–Kier alpha value is -1.30. The molecule has 0 radical (unpaired) electrons. The molecule has 5 nitrogen and oxygen atoms in total. The summed E-state index contributed by atoms with van der Waals surface area (Å²) in [6.07, 6.45) is 3.41. The number of nitrogens with zero attached hydrogens (tertiary/aromatic N) is 2. The highest BCUT2D eigenvalue weighted by atomic mass is 32.1. The molecule has 104 valence electrons. The molecule has 1 saturated heterocycles. The SMILES string of the molecule is CC1(C)CCN(C(=O)c2sc(NC3CC3)nc2N)C1. The van der Waals surface area contributed by atoms with Crippen molar-refractivity contribution in [1.82, 2.24) is 9.88 Å². The van der Waals surface area contributed by atoms with Gasteiger partial charge >= 0.3 is 0 Å². The van der Waals surface area contributed by atoms with Gasteiger partial charge in [-0.2, -0.15) is 0 Å². The zero-order chi connectivity index (χ0) is 13.6. The fraction of sp³-hybridized carbons (Fsp3) is 0.692. The lowest BCUT2D eigenvalue weighted by Gasteiger charge is -2.19. The Labute approximate surface area is 117 Å². The molecule has 1 aromatic heterocycles. The number of nitrogen functional groups attached to an aromatic ring is 1. The predicted octanol–water partition coefficient (Wildman–Crippen LogP) is 2.17. The molecule has 6 heteroatoms. The second-order valence-electron chi connectivity index (χ2n) is 6.29. The summed E-state index contributed by atoms with van der Waals surface area (Å²) in [5, 5.41) is 4.07. The zero-order valence-corrected chi connectivity index (χ0v) is 12.2. The molecule has 1 aliphatic heterocycles. The van der Waals surface area contributed by atoms with Gasteiger partial charge in [0.2, 0.25) is 0 Å². The standard InChI is InChI=1S/C13H20N4OS/c1-13(2)5-6-17(7-13)11(18)9-10(14)16-12(19-9)15-8-3-4-8/h8H,3-7,14H2,1-2H3,(H,15,16). The van der Waals surface area contributed by atoms with Crippen LogP contribution in [0.5, 0.6) is 0 Å². The Morgan fingerprint density at radius 3 is 2.84 bits per heavy atom. The second kappa shape index (κ2) is 4.37. The van der Waals surface area contributed by atoms with Crippen LogP contribution >= 0.6 is 11.3 Å². The molecule has 0 spiro atoms. The number of nitrogens with one attached hydrogen (secondary N) is 1. The van der Waals surface area contributed by atoms with Gasteiger partial charge in [-0.3, -0.25) is 4.79 Å². The van der Waals surface area contributed by atoms with Gasteiger partial charge in [0.05, 0.1) is 0 Å². The Morgan fingerprint density at radius 2 is 2.26 bits per heavy atom. The smallest absolute Gasteiger partial charge is 0.267 e. The third-order valence-corrected chi connectivity index (χ3v) is 4.71. The summed E-state index contributed by atoms with van der Waals surface area (Å²) in [5.74, 6) is 0.396. The predicted molar refractivity (Wildman–Crippen MR) is 77.5 cm³/mol. The van der Waals surface area contributed by atoms with E-state index < -0.39 is 0 Å². The van der Waals surface area contributed by atoms with Crippen molar-refractivity contribution in [3.05, 3.63) is 4.88 Å². The van der Waals surface area contributed by atoms with Gasteiger partial charge in [0.15, 0.2) is 5.13 Å². The largest absolute Gasteiger partial charge is 0.382 e. The van der Waals surface area contributed by atoms with Crippen molar-refractivity contribution in [3.8, 4) is 0 Å². The molecule has 0 bridgehead atoms. The van der Waals surface area contributed by atoms with Crippen LogP contribution in [-0.2, 0) is 0 Å². The molecule has 1 amide bonds. The lowest BCUT2D eigenvalue weighted by molar-refractivity contribution is 0.0784. The van der Waals surface area contributed by atoms with Crippen LogP contribution in [0.25, 0.3) is 0 Å². The monoisotopic (exact) mass is 280 g/mol. The topological polar surface area (TPSA) is 71.2 Å². The number of carbonyl (C=O) groups is 1. The Balaban J connectivity index is 1.74. The molecule has 2 aliphatic rings. The number of amides is 1. The first-order valence-electron chi connectivity index (χ1n) is 6.77. The number of thiazole rings is 1. The molecule has 1 saturated carbocycles. The number of anilines is 2. The summed E-state index contributed by atoms with van der Waals surface area (Å²) < 4.78 is 0. The van der Waals surface area contributed by atoms with Crippen molar-refractivity contribution < 1.29 is 4.79 Å². The number of nitrogens with two attached hydrogens (primary N) is 1. The highest BCUT2D eigenvalue weighted by Gasteiger charge is 2.34. The minimum Gasteiger partial charge on any atom is -0.382 e. The van der Waals surface area contributed by atoms with Crippen molar-refractivity contribution >= 4 is 28.2 Å². The van der Waals surface area contributed by atoms with Crippen LogP contribution in [-0.4, -0.2) is 34.9 Å². The van der Waals surface area contributed by atoms with Crippen LogP contribution < -0.4 is 11.1 Å². The fourth-order valence-electron chi connectivity index (χ4n) is 2.38. The summed E-state index contributed by atoms with van der Waals surface area (Å²) in [5.41, 5.74) is 6.10. The van der Waals surface area contributed by atoms with Crippen LogP contribution in [0.15, 0.2) is 0 Å². The number of rotatable bonds is 3. The molecule has 1 aromatic rings. The number of likely N-dealkylation sites (tertiary alicyclic amines) is 1. The molecule has 19 heavy (non-hydrogen) atoms. The molecular formula is C13H20N4OS. The van der Waals surface area contributed by atoms with Crippen LogP contribution in [0.2, 0.25) is 0 Å². The lowest BCUT2D eigenvalue weighted by atomic mass is 9.93. The Morgan fingerprint density at radius 1 is 1.53 bits per heavy atom. The maximum atomic E-state index is 12.5. The van der Waals surface area contributed by atoms with Gasteiger partial charge in [-0.15, -0.1) is 0 Å². The van der Waals surface area contributed by atoms with E-state index in [2.05, 4.69) is 24.1 Å². The third-order valence-electron chi connectivity index (χ3n) is 3.72. The molecular weight excluding hydrogens is 260 g/mol. The third kappa shape index (κ3) is 2.68. The van der Waals surface area contributed by atoms with Crippen LogP contribution in [0, 0.1) is 5.41 Å². The first kappa shape index (κ1) is 12.7. The minimum atomic E-state index is 0.0319. The lowest BCUT2D eigenvalue weighted by Crippen LogP contribution is -2.30. The average molecular weight is 280 g/mol. The van der Waals surface area contributed by atoms with Crippen molar-refractivity contribution in [2.24, 2.45) is 5.41 Å². The molecule has 0 atom stereocenters. The van der Waals surface area contributed by atoms with Crippen LogP contribution in [0.3, 0.4) is 0 Å². The van der Waals surface area contributed by atoms with Crippen LogP contribution in [0.4, 0.5) is 10.9 Å². The Bertz CT molecular complexity index is 507. The molecule has 1 aliphatic carbocycles. The number of aromatic nitrogens is 1. The van der Waals surface area contributed by atoms with E-state index in [1.54, 1.807) is 0 Å². The molecule has 3 rings (SSSR count).